The SMILES string of the molecule is NC1(C(=O)N2CCC3CCCCC32)CCOCC1. The Kier molecular flexibility index (Phi) is 3.32. The number of nitrogens with two attached hydrogens (primary N) is 1. The van der Waals surface area contributed by atoms with Crippen LogP contribution in [0.15, 0.2) is 0 Å². The molecule has 0 radical (unpaired) electrons. The summed E-state index contributed by atoms with van der Waals surface area (Å²) in [5, 5.41) is 0. The molecule has 2 aliphatic heterocycles. The van der Waals surface area contributed by atoms with Gasteiger partial charge in [0.2, 0.25) is 5.91 Å². The fraction of sp³-hybridized carbons (Fsp3) is 0.929. The van der Waals surface area contributed by atoms with Gasteiger partial charge in [-0.1, -0.05) is 12.8 Å². The first-order valence-corrected chi connectivity index (χ1v) is 7.38. The largest absolute Gasteiger partial charge is 0.381 e. The van der Waals surface area contributed by atoms with E-state index in [1.807, 2.05) is 0 Å². The fourth-order valence-corrected chi connectivity index (χ4v) is 3.89. The normalized spacial score (nSPS) is 35.3. The zero-order valence-corrected chi connectivity index (χ0v) is 11.1. The summed E-state index contributed by atoms with van der Waals surface area (Å²) in [5.74, 6) is 0.936. The lowest BCUT2D eigenvalue weighted by molar-refractivity contribution is -0.142. The summed E-state index contributed by atoms with van der Waals surface area (Å²) in [5.41, 5.74) is 5.68. The number of likely N-dealkylation sites (tertiary alicyclic amines) is 1. The standard InChI is InChI=1S/C14H24N2O2/c15-14(6-9-18-10-7-14)13(17)16-8-5-11-3-1-2-4-12(11)16/h11-12H,1-10,15H2. The summed E-state index contributed by atoms with van der Waals surface area (Å²) >= 11 is 0. The van der Waals surface area contributed by atoms with E-state index in [1.165, 1.54) is 32.1 Å². The lowest BCUT2D eigenvalue weighted by Crippen LogP contribution is -2.59. The van der Waals surface area contributed by atoms with Crippen molar-refractivity contribution in [2.45, 2.75) is 56.5 Å². The smallest absolute Gasteiger partial charge is 0.243 e. The molecule has 4 heteroatoms. The predicted octanol–water partition coefficient (Wildman–Crippen LogP) is 1.29. The molecule has 2 heterocycles. The fourth-order valence-electron chi connectivity index (χ4n) is 3.89. The minimum atomic E-state index is -0.648. The summed E-state index contributed by atoms with van der Waals surface area (Å²) in [6.45, 7) is 2.18. The molecule has 3 fully saturated rings. The van der Waals surface area contributed by atoms with Crippen molar-refractivity contribution in [1.29, 1.82) is 0 Å². The summed E-state index contributed by atoms with van der Waals surface area (Å²) in [6, 6.07) is 0.481. The Hall–Kier alpha value is -0.610. The van der Waals surface area contributed by atoms with Crippen molar-refractivity contribution in [1.82, 2.24) is 4.90 Å². The van der Waals surface area contributed by atoms with E-state index in [1.54, 1.807) is 0 Å². The number of ether oxygens (including phenoxy) is 1. The number of fused-ring (bicyclic) bond motifs is 1. The van der Waals surface area contributed by atoms with Gasteiger partial charge in [-0.15, -0.1) is 0 Å². The van der Waals surface area contributed by atoms with Gasteiger partial charge in [-0.05, 0) is 38.0 Å². The van der Waals surface area contributed by atoms with Crippen molar-refractivity contribution >= 4 is 5.91 Å². The molecule has 2 saturated heterocycles. The van der Waals surface area contributed by atoms with Crippen molar-refractivity contribution in [3.05, 3.63) is 0 Å². The Labute approximate surface area is 109 Å². The molecule has 0 aromatic carbocycles. The van der Waals surface area contributed by atoms with Gasteiger partial charge in [0.25, 0.3) is 0 Å². The molecular formula is C14H24N2O2. The highest BCUT2D eigenvalue weighted by Gasteiger charge is 2.45. The Morgan fingerprint density at radius 3 is 2.67 bits per heavy atom. The van der Waals surface area contributed by atoms with Gasteiger partial charge in [0, 0.05) is 25.8 Å². The Balaban J connectivity index is 1.72. The van der Waals surface area contributed by atoms with Gasteiger partial charge in [-0.25, -0.2) is 0 Å². The van der Waals surface area contributed by atoms with Crippen molar-refractivity contribution in [2.24, 2.45) is 11.7 Å². The lowest BCUT2D eigenvalue weighted by Gasteiger charge is -2.39. The maximum absolute atomic E-state index is 12.7. The predicted molar refractivity (Wildman–Crippen MR) is 69.0 cm³/mol. The van der Waals surface area contributed by atoms with Gasteiger partial charge in [-0.2, -0.15) is 0 Å². The van der Waals surface area contributed by atoms with E-state index in [9.17, 15) is 4.79 Å². The van der Waals surface area contributed by atoms with Crippen molar-refractivity contribution in [3.8, 4) is 0 Å². The van der Waals surface area contributed by atoms with Crippen molar-refractivity contribution in [3.63, 3.8) is 0 Å². The van der Waals surface area contributed by atoms with Gasteiger partial charge in [0.15, 0.2) is 0 Å². The Morgan fingerprint density at radius 2 is 1.89 bits per heavy atom. The lowest BCUT2D eigenvalue weighted by atomic mass is 9.84. The molecule has 2 atom stereocenters. The van der Waals surface area contributed by atoms with Crippen LogP contribution >= 0.6 is 0 Å². The summed E-state index contributed by atoms with van der Waals surface area (Å²) in [7, 11) is 0. The van der Waals surface area contributed by atoms with Crippen LogP contribution in [0.1, 0.15) is 44.9 Å². The number of amides is 1. The molecule has 102 valence electrons. The molecule has 1 saturated carbocycles. The number of hydrogen-bond acceptors (Lipinski definition) is 3. The number of carbonyl (C=O) groups is 1. The second kappa shape index (κ2) is 4.82. The maximum Gasteiger partial charge on any atom is 0.243 e. The van der Waals surface area contributed by atoms with Gasteiger partial charge < -0.3 is 15.4 Å². The minimum absolute atomic E-state index is 0.195. The molecule has 1 amide bonds. The first kappa shape index (κ1) is 12.4. The molecule has 4 nitrogen and oxygen atoms in total. The first-order chi connectivity index (χ1) is 8.71. The molecule has 2 N–H and O–H groups in total. The van der Waals surface area contributed by atoms with Gasteiger partial charge >= 0.3 is 0 Å². The topological polar surface area (TPSA) is 55.6 Å². The molecule has 3 aliphatic rings. The first-order valence-electron chi connectivity index (χ1n) is 7.38. The Bertz CT molecular complexity index is 326. The summed E-state index contributed by atoms with van der Waals surface area (Å²) in [4.78, 5) is 14.8. The second-order valence-corrected chi connectivity index (χ2v) is 6.17. The van der Waals surface area contributed by atoms with Crippen LogP contribution in [0.25, 0.3) is 0 Å². The molecule has 3 rings (SSSR count). The average molecular weight is 252 g/mol. The molecule has 0 spiro atoms. The zero-order chi connectivity index (χ0) is 12.6. The van der Waals surface area contributed by atoms with E-state index in [4.69, 9.17) is 10.5 Å². The van der Waals surface area contributed by atoms with Crippen LogP contribution in [0.2, 0.25) is 0 Å². The van der Waals surface area contributed by atoms with Crippen LogP contribution < -0.4 is 5.73 Å². The average Bonchev–Trinajstić information content (AvgIpc) is 2.82. The quantitative estimate of drug-likeness (QED) is 0.765. The maximum atomic E-state index is 12.7. The van der Waals surface area contributed by atoms with E-state index < -0.39 is 5.54 Å². The van der Waals surface area contributed by atoms with Crippen molar-refractivity contribution < 1.29 is 9.53 Å². The van der Waals surface area contributed by atoms with Crippen LogP contribution in [0.5, 0.6) is 0 Å². The van der Waals surface area contributed by atoms with E-state index in [-0.39, 0.29) is 5.91 Å². The molecule has 2 unspecified atom stereocenters. The molecule has 0 aromatic rings. The highest BCUT2D eigenvalue weighted by molar-refractivity contribution is 5.86. The van der Waals surface area contributed by atoms with Crippen LogP contribution in [-0.2, 0) is 9.53 Å². The number of nitrogens with zero attached hydrogens (tertiary/aromatic N) is 1. The third kappa shape index (κ3) is 2.05. The van der Waals surface area contributed by atoms with Crippen LogP contribution in [-0.4, -0.2) is 42.1 Å². The monoisotopic (exact) mass is 252 g/mol. The number of hydrogen-bond donors (Lipinski definition) is 1. The Morgan fingerprint density at radius 1 is 1.17 bits per heavy atom. The van der Waals surface area contributed by atoms with Crippen LogP contribution in [0.4, 0.5) is 0 Å². The third-order valence-electron chi connectivity index (χ3n) is 5.08. The van der Waals surface area contributed by atoms with E-state index in [0.29, 0.717) is 32.1 Å². The second-order valence-electron chi connectivity index (χ2n) is 6.17. The highest BCUT2D eigenvalue weighted by Crippen LogP contribution is 2.37. The third-order valence-corrected chi connectivity index (χ3v) is 5.08. The molecule has 0 aromatic heterocycles. The van der Waals surface area contributed by atoms with E-state index in [0.717, 1.165) is 12.5 Å². The van der Waals surface area contributed by atoms with Crippen LogP contribution in [0.3, 0.4) is 0 Å². The number of carbonyl (C=O) groups excluding carboxylic acids is 1. The molecule has 18 heavy (non-hydrogen) atoms. The minimum Gasteiger partial charge on any atom is -0.381 e. The summed E-state index contributed by atoms with van der Waals surface area (Å²) < 4.78 is 5.33. The summed E-state index contributed by atoms with van der Waals surface area (Å²) in [6.07, 6.45) is 7.64. The van der Waals surface area contributed by atoms with Gasteiger partial charge in [0.1, 0.15) is 0 Å². The molecule has 1 aliphatic carbocycles. The van der Waals surface area contributed by atoms with E-state index >= 15 is 0 Å². The molecule has 0 bridgehead atoms. The van der Waals surface area contributed by atoms with Crippen molar-refractivity contribution in [2.75, 3.05) is 19.8 Å². The molecular weight excluding hydrogens is 228 g/mol. The van der Waals surface area contributed by atoms with E-state index in [2.05, 4.69) is 4.90 Å². The highest BCUT2D eigenvalue weighted by atomic mass is 16.5. The number of rotatable bonds is 1. The zero-order valence-electron chi connectivity index (χ0n) is 11.1. The van der Waals surface area contributed by atoms with Gasteiger partial charge in [0.05, 0.1) is 5.54 Å². The van der Waals surface area contributed by atoms with Gasteiger partial charge in [-0.3, -0.25) is 4.79 Å². The van der Waals surface area contributed by atoms with Crippen LogP contribution in [0, 0.1) is 5.92 Å².